The van der Waals surface area contributed by atoms with E-state index in [1.165, 1.54) is 0 Å². The van der Waals surface area contributed by atoms with E-state index >= 15 is 0 Å². The van der Waals surface area contributed by atoms with Crippen LogP contribution in [-0.4, -0.2) is 65.0 Å². The number of aryl methyl sites for hydroxylation is 1. The lowest BCUT2D eigenvalue weighted by Gasteiger charge is -2.29. The van der Waals surface area contributed by atoms with Crippen molar-refractivity contribution in [3.8, 4) is 0 Å². The molecule has 2 aromatic rings. The first kappa shape index (κ1) is 18.5. The van der Waals surface area contributed by atoms with Crippen LogP contribution in [0.3, 0.4) is 0 Å². The molecule has 0 bridgehead atoms. The molecule has 140 valence electrons. The van der Waals surface area contributed by atoms with E-state index in [0.717, 1.165) is 22.9 Å². The first-order chi connectivity index (χ1) is 12.5. The zero-order valence-corrected chi connectivity index (χ0v) is 15.4. The van der Waals surface area contributed by atoms with Crippen LogP contribution in [0.25, 0.3) is 10.9 Å². The average molecular weight is 357 g/mol. The minimum Gasteiger partial charge on any atom is -0.481 e. The number of fused-ring (bicyclic) bond motifs is 1. The van der Waals surface area contributed by atoms with Gasteiger partial charge >= 0.3 is 5.97 Å². The van der Waals surface area contributed by atoms with E-state index in [4.69, 9.17) is 0 Å². The fourth-order valence-electron chi connectivity index (χ4n) is 3.74. The van der Waals surface area contributed by atoms with Crippen LogP contribution in [0.2, 0.25) is 0 Å². The highest BCUT2D eigenvalue weighted by Gasteiger charge is 2.31. The number of H-pyrrole nitrogens is 1. The second-order valence-corrected chi connectivity index (χ2v) is 7.39. The zero-order valence-electron chi connectivity index (χ0n) is 15.4. The van der Waals surface area contributed by atoms with Gasteiger partial charge in [0, 0.05) is 42.7 Å². The molecule has 3 rings (SSSR count). The molecule has 1 aromatic heterocycles. The predicted octanol–water partition coefficient (Wildman–Crippen LogP) is 2.35. The lowest BCUT2D eigenvalue weighted by Crippen LogP contribution is -2.43. The Labute approximate surface area is 153 Å². The van der Waals surface area contributed by atoms with E-state index in [1.54, 1.807) is 4.90 Å². The van der Waals surface area contributed by atoms with Crippen molar-refractivity contribution in [2.24, 2.45) is 5.92 Å². The van der Waals surface area contributed by atoms with Gasteiger partial charge in [0.1, 0.15) is 0 Å². The molecule has 0 radical (unpaired) electrons. The first-order valence-corrected chi connectivity index (χ1v) is 9.17. The number of likely N-dealkylation sites (tertiary alicyclic amines) is 1. The Morgan fingerprint density at radius 2 is 2.00 bits per heavy atom. The summed E-state index contributed by atoms with van der Waals surface area (Å²) in [7, 11) is 3.97. The Morgan fingerprint density at radius 1 is 1.23 bits per heavy atom. The van der Waals surface area contributed by atoms with Crippen LogP contribution >= 0.6 is 0 Å². The molecule has 1 amide bonds. The highest BCUT2D eigenvalue weighted by molar-refractivity contribution is 5.84. The van der Waals surface area contributed by atoms with Crippen LogP contribution in [0.1, 0.15) is 24.8 Å². The third-order valence-corrected chi connectivity index (χ3v) is 5.44. The highest BCUT2D eigenvalue weighted by Crippen LogP contribution is 2.22. The Balaban J connectivity index is 1.68. The quantitative estimate of drug-likeness (QED) is 0.861. The van der Waals surface area contributed by atoms with Crippen LogP contribution in [-0.2, 0) is 16.0 Å². The summed E-state index contributed by atoms with van der Waals surface area (Å²) < 4.78 is 0. The molecule has 2 N–H and O–H groups in total. The van der Waals surface area contributed by atoms with Crippen LogP contribution in [0.15, 0.2) is 30.5 Å². The van der Waals surface area contributed by atoms with E-state index in [-0.39, 0.29) is 11.9 Å². The number of carbonyl (C=O) groups is 2. The number of nitrogens with one attached hydrogen (secondary N) is 1. The summed E-state index contributed by atoms with van der Waals surface area (Å²) in [4.78, 5) is 31.4. The summed E-state index contributed by atoms with van der Waals surface area (Å²) in [6.07, 6.45) is 4.43. The number of carbonyl (C=O) groups excluding carboxylic acids is 1. The van der Waals surface area contributed by atoms with Gasteiger partial charge in [0.15, 0.2) is 0 Å². The number of likely N-dealkylation sites (N-methyl/N-ethyl adjacent to an activating group) is 1. The third-order valence-electron chi connectivity index (χ3n) is 5.44. The topological polar surface area (TPSA) is 76.6 Å². The number of carboxylic acid groups (broad SMARTS) is 1. The van der Waals surface area contributed by atoms with Gasteiger partial charge in [-0.15, -0.1) is 0 Å². The fraction of sp³-hybridized carbons (Fsp3) is 0.500. The van der Waals surface area contributed by atoms with Gasteiger partial charge in [0.2, 0.25) is 5.91 Å². The summed E-state index contributed by atoms with van der Waals surface area (Å²) in [5.74, 6) is -1.24. The maximum atomic E-state index is 12.8. The molecule has 2 heterocycles. The standard InChI is InChI=1S/C20H27N3O3/c1-22(2)16-9-7-15(20(25)26)12-23(13-16)19(24)10-8-14-11-21-18-6-4-3-5-17(14)18/h3-6,11,15-16,21H,7-10,12-13H2,1-2H3,(H,25,26)/t15-,16+/m0/s1. The van der Waals surface area contributed by atoms with Crippen LogP contribution in [0, 0.1) is 5.92 Å². The van der Waals surface area contributed by atoms with Crippen molar-refractivity contribution in [3.05, 3.63) is 36.0 Å². The summed E-state index contributed by atoms with van der Waals surface area (Å²) >= 11 is 0. The van der Waals surface area contributed by atoms with Gasteiger partial charge in [-0.1, -0.05) is 18.2 Å². The van der Waals surface area contributed by atoms with E-state index in [9.17, 15) is 14.7 Å². The largest absolute Gasteiger partial charge is 0.481 e. The van der Waals surface area contributed by atoms with Gasteiger partial charge in [0.25, 0.3) is 0 Å². The molecular weight excluding hydrogens is 330 g/mol. The minimum atomic E-state index is -0.807. The molecule has 1 saturated heterocycles. The molecule has 1 aliphatic rings. The SMILES string of the molecule is CN(C)[C@@H]1CC[C@H](C(=O)O)CN(C(=O)CCc2c[nH]c3ccccc23)C1. The van der Waals surface area contributed by atoms with Gasteiger partial charge in [0.05, 0.1) is 5.92 Å². The van der Waals surface area contributed by atoms with Crippen LogP contribution in [0.4, 0.5) is 0 Å². The lowest BCUT2D eigenvalue weighted by atomic mass is 10.0. The lowest BCUT2D eigenvalue weighted by molar-refractivity contribution is -0.143. The van der Waals surface area contributed by atoms with Crippen molar-refractivity contribution in [1.82, 2.24) is 14.8 Å². The molecule has 0 spiro atoms. The number of hydrogen-bond acceptors (Lipinski definition) is 3. The number of benzene rings is 1. The molecule has 1 aromatic carbocycles. The van der Waals surface area contributed by atoms with Crippen LogP contribution in [0.5, 0.6) is 0 Å². The number of aliphatic carboxylic acids is 1. The third kappa shape index (κ3) is 4.07. The monoisotopic (exact) mass is 357 g/mol. The van der Waals surface area contributed by atoms with Crippen molar-refractivity contribution in [3.63, 3.8) is 0 Å². The average Bonchev–Trinajstić information content (AvgIpc) is 2.88. The van der Waals surface area contributed by atoms with Gasteiger partial charge in [-0.3, -0.25) is 9.59 Å². The molecule has 2 atom stereocenters. The number of amides is 1. The number of aromatic amines is 1. The van der Waals surface area contributed by atoms with Crippen molar-refractivity contribution in [2.45, 2.75) is 31.7 Å². The van der Waals surface area contributed by atoms with E-state index in [1.807, 2.05) is 38.5 Å². The van der Waals surface area contributed by atoms with Crippen LogP contribution < -0.4 is 0 Å². The smallest absolute Gasteiger partial charge is 0.308 e. The molecule has 26 heavy (non-hydrogen) atoms. The Morgan fingerprint density at radius 3 is 2.73 bits per heavy atom. The van der Waals surface area contributed by atoms with Crippen molar-refractivity contribution in [2.75, 3.05) is 27.2 Å². The summed E-state index contributed by atoms with van der Waals surface area (Å²) in [6.45, 7) is 0.913. The summed E-state index contributed by atoms with van der Waals surface area (Å²) in [5, 5.41) is 10.6. The molecule has 1 fully saturated rings. The molecule has 0 unspecified atom stereocenters. The Bertz CT molecular complexity index is 783. The van der Waals surface area contributed by atoms with E-state index < -0.39 is 11.9 Å². The molecule has 0 saturated carbocycles. The number of hydrogen-bond donors (Lipinski definition) is 2. The molecule has 0 aliphatic carbocycles. The van der Waals surface area contributed by atoms with Gasteiger partial charge in [-0.2, -0.15) is 0 Å². The maximum absolute atomic E-state index is 12.8. The number of carboxylic acids is 1. The molecule has 1 aliphatic heterocycles. The second-order valence-electron chi connectivity index (χ2n) is 7.39. The normalized spacial score (nSPS) is 21.1. The summed E-state index contributed by atoms with van der Waals surface area (Å²) in [5.41, 5.74) is 2.20. The molecule has 6 heteroatoms. The van der Waals surface area contributed by atoms with Gasteiger partial charge < -0.3 is 19.9 Å². The van der Waals surface area contributed by atoms with Gasteiger partial charge in [-0.25, -0.2) is 0 Å². The van der Waals surface area contributed by atoms with E-state index in [2.05, 4.69) is 16.0 Å². The number of aromatic nitrogens is 1. The predicted molar refractivity (Wildman–Crippen MR) is 101 cm³/mol. The highest BCUT2D eigenvalue weighted by atomic mass is 16.4. The maximum Gasteiger partial charge on any atom is 0.308 e. The second kappa shape index (κ2) is 7.91. The molecular formula is C20H27N3O3. The first-order valence-electron chi connectivity index (χ1n) is 9.17. The number of rotatable bonds is 5. The Hall–Kier alpha value is -2.34. The van der Waals surface area contributed by atoms with Crippen molar-refractivity contribution >= 4 is 22.8 Å². The zero-order chi connectivity index (χ0) is 18.7. The number of para-hydroxylation sites is 1. The Kier molecular flexibility index (Phi) is 5.61. The van der Waals surface area contributed by atoms with Crippen molar-refractivity contribution < 1.29 is 14.7 Å². The minimum absolute atomic E-state index is 0.0373. The summed E-state index contributed by atoms with van der Waals surface area (Å²) in [6, 6.07) is 8.26. The number of nitrogens with zero attached hydrogens (tertiary/aromatic N) is 2. The van der Waals surface area contributed by atoms with Crippen molar-refractivity contribution in [1.29, 1.82) is 0 Å². The molecule has 6 nitrogen and oxygen atoms in total. The van der Waals surface area contributed by atoms with E-state index in [0.29, 0.717) is 32.4 Å². The fourth-order valence-corrected chi connectivity index (χ4v) is 3.74. The van der Waals surface area contributed by atoms with Gasteiger partial charge in [-0.05, 0) is 45.0 Å².